The fourth-order valence-electron chi connectivity index (χ4n) is 1.34. The quantitative estimate of drug-likeness (QED) is 0.726. The number of hydrogen-bond donors (Lipinski definition) is 0. The predicted octanol–water partition coefficient (Wildman–Crippen LogP) is 2.59. The molecule has 0 radical (unpaired) electrons. The Morgan fingerprint density at radius 3 is 2.57 bits per heavy atom. The van der Waals surface area contributed by atoms with Crippen molar-refractivity contribution in [3.63, 3.8) is 0 Å². The summed E-state index contributed by atoms with van der Waals surface area (Å²) < 4.78 is 13.3. The van der Waals surface area contributed by atoms with Gasteiger partial charge in [-0.25, -0.2) is 4.39 Å². The second-order valence-corrected chi connectivity index (χ2v) is 3.12. The zero-order valence-electron chi connectivity index (χ0n) is 8.46. The highest BCUT2D eigenvalue weighted by atomic mass is 19.1. The molecule has 1 aromatic rings. The van der Waals surface area contributed by atoms with Crippen molar-refractivity contribution in [2.75, 3.05) is 11.4 Å². The van der Waals surface area contributed by atoms with E-state index in [2.05, 4.69) is 0 Å². The molecule has 0 aliphatic rings. The number of halogens is 1. The summed E-state index contributed by atoms with van der Waals surface area (Å²) in [5.74, 6) is -0.479. The van der Waals surface area contributed by atoms with Gasteiger partial charge in [0.25, 0.3) is 0 Å². The summed E-state index contributed by atoms with van der Waals surface area (Å²) in [4.78, 5) is 12.7. The molecule has 1 aromatic carbocycles. The minimum absolute atomic E-state index is 0.128. The lowest BCUT2D eigenvalue weighted by Gasteiger charge is -2.20. The Labute approximate surface area is 83.3 Å². The predicted molar refractivity (Wildman–Crippen MR) is 54.7 cm³/mol. The summed E-state index contributed by atoms with van der Waals surface area (Å²) in [5, 5.41) is 0. The molecule has 0 heterocycles. The Bertz CT molecular complexity index is 325. The summed E-state index contributed by atoms with van der Waals surface area (Å²) in [6, 6.07) is 6.32. The molecule has 1 amide bonds. The van der Waals surface area contributed by atoms with E-state index in [-0.39, 0.29) is 11.7 Å². The molecule has 14 heavy (non-hydrogen) atoms. The molecule has 0 spiro atoms. The van der Waals surface area contributed by atoms with E-state index in [1.807, 2.05) is 6.92 Å². The number of anilines is 1. The van der Waals surface area contributed by atoms with Crippen LogP contribution in [0.4, 0.5) is 10.1 Å². The minimum atomic E-state index is -0.351. The second kappa shape index (κ2) is 4.74. The molecular formula is C11H14FNO. The number of nitrogens with zero attached hydrogens (tertiary/aromatic N) is 1. The van der Waals surface area contributed by atoms with Crippen LogP contribution < -0.4 is 4.90 Å². The van der Waals surface area contributed by atoms with Crippen molar-refractivity contribution in [1.82, 2.24) is 0 Å². The number of rotatable bonds is 3. The Morgan fingerprint density at radius 1 is 1.43 bits per heavy atom. The van der Waals surface area contributed by atoms with Crippen LogP contribution in [-0.4, -0.2) is 12.5 Å². The van der Waals surface area contributed by atoms with Gasteiger partial charge in [-0.15, -0.1) is 0 Å². The molecule has 2 nitrogen and oxygen atoms in total. The first-order valence-electron chi connectivity index (χ1n) is 4.69. The Balaban J connectivity index is 2.99. The topological polar surface area (TPSA) is 20.3 Å². The summed E-state index contributed by atoms with van der Waals surface area (Å²) in [7, 11) is 0. The number of benzene rings is 1. The van der Waals surface area contributed by atoms with E-state index in [0.717, 1.165) is 6.42 Å². The molecule has 0 aliphatic heterocycles. The molecule has 0 atom stereocenters. The number of hydrogen-bond acceptors (Lipinski definition) is 1. The monoisotopic (exact) mass is 195 g/mol. The Hall–Kier alpha value is -1.38. The molecule has 0 fully saturated rings. The maximum Gasteiger partial charge on any atom is 0.223 e. The summed E-state index contributed by atoms with van der Waals surface area (Å²) in [6.45, 7) is 3.95. The lowest BCUT2D eigenvalue weighted by Crippen LogP contribution is -2.29. The molecule has 76 valence electrons. The van der Waals surface area contributed by atoms with Gasteiger partial charge in [0.1, 0.15) is 5.82 Å². The molecule has 3 heteroatoms. The summed E-state index contributed by atoms with van der Waals surface area (Å²) in [6.07, 6.45) is 0.813. The van der Waals surface area contributed by atoms with Crippen molar-refractivity contribution in [2.45, 2.75) is 20.3 Å². The second-order valence-electron chi connectivity index (χ2n) is 3.12. The number of para-hydroxylation sites is 1. The van der Waals surface area contributed by atoms with Crippen LogP contribution in [-0.2, 0) is 4.79 Å². The van der Waals surface area contributed by atoms with Gasteiger partial charge in [-0.2, -0.15) is 0 Å². The van der Waals surface area contributed by atoms with Gasteiger partial charge < -0.3 is 4.90 Å². The molecule has 1 rings (SSSR count). The van der Waals surface area contributed by atoms with Crippen molar-refractivity contribution >= 4 is 11.6 Å². The van der Waals surface area contributed by atoms with Crippen LogP contribution in [0.2, 0.25) is 0 Å². The van der Waals surface area contributed by atoms with Gasteiger partial charge in [0.2, 0.25) is 5.91 Å². The highest BCUT2D eigenvalue weighted by Gasteiger charge is 2.13. The lowest BCUT2D eigenvalue weighted by molar-refractivity contribution is -0.116. The molecule has 0 unspecified atom stereocenters. The van der Waals surface area contributed by atoms with Gasteiger partial charge >= 0.3 is 0 Å². The van der Waals surface area contributed by atoms with Crippen LogP contribution in [0.25, 0.3) is 0 Å². The number of carbonyl (C=O) groups excluding carboxylic acids is 1. The minimum Gasteiger partial charge on any atom is -0.310 e. The largest absolute Gasteiger partial charge is 0.310 e. The van der Waals surface area contributed by atoms with Crippen LogP contribution >= 0.6 is 0 Å². The van der Waals surface area contributed by atoms with E-state index in [4.69, 9.17) is 0 Å². The Morgan fingerprint density at radius 2 is 2.07 bits per heavy atom. The van der Waals surface area contributed by atoms with Crippen molar-refractivity contribution in [3.8, 4) is 0 Å². The van der Waals surface area contributed by atoms with Gasteiger partial charge in [0.05, 0.1) is 5.69 Å². The maximum absolute atomic E-state index is 13.3. The van der Waals surface area contributed by atoms with Crippen molar-refractivity contribution in [3.05, 3.63) is 30.1 Å². The lowest BCUT2D eigenvalue weighted by atomic mass is 10.2. The third-order valence-electron chi connectivity index (χ3n) is 1.97. The average Bonchev–Trinajstić information content (AvgIpc) is 2.15. The van der Waals surface area contributed by atoms with Gasteiger partial charge in [-0.05, 0) is 18.6 Å². The molecule has 0 N–H and O–H groups in total. The molecule has 0 saturated heterocycles. The first-order chi connectivity index (χ1) is 6.66. The molecule has 0 aromatic heterocycles. The molecule has 0 aliphatic carbocycles. The van der Waals surface area contributed by atoms with E-state index in [0.29, 0.717) is 12.2 Å². The normalized spacial score (nSPS) is 9.93. The van der Waals surface area contributed by atoms with Crippen molar-refractivity contribution in [2.24, 2.45) is 0 Å². The maximum atomic E-state index is 13.3. The average molecular weight is 195 g/mol. The van der Waals surface area contributed by atoms with E-state index < -0.39 is 0 Å². The van der Waals surface area contributed by atoms with Crippen molar-refractivity contribution < 1.29 is 9.18 Å². The zero-order valence-corrected chi connectivity index (χ0v) is 8.46. The standard InChI is InChI=1S/C11H14FNO/c1-3-8-13(9(2)14)11-7-5-4-6-10(11)12/h4-7H,3,8H2,1-2H3. The SMILES string of the molecule is CCCN(C(C)=O)c1ccccc1F. The van der Waals surface area contributed by atoms with Crippen LogP contribution in [0.3, 0.4) is 0 Å². The van der Waals surface area contributed by atoms with Crippen LogP contribution in [0.15, 0.2) is 24.3 Å². The third-order valence-corrected chi connectivity index (χ3v) is 1.97. The van der Waals surface area contributed by atoms with Crippen LogP contribution in [0, 0.1) is 5.82 Å². The van der Waals surface area contributed by atoms with E-state index in [9.17, 15) is 9.18 Å². The fourth-order valence-corrected chi connectivity index (χ4v) is 1.34. The van der Waals surface area contributed by atoms with Crippen LogP contribution in [0.1, 0.15) is 20.3 Å². The van der Waals surface area contributed by atoms with Gasteiger partial charge in [-0.3, -0.25) is 4.79 Å². The molecular weight excluding hydrogens is 181 g/mol. The Kier molecular flexibility index (Phi) is 3.63. The number of amides is 1. The van der Waals surface area contributed by atoms with E-state index in [1.165, 1.54) is 17.9 Å². The molecule has 0 bridgehead atoms. The van der Waals surface area contributed by atoms with Crippen LogP contribution in [0.5, 0.6) is 0 Å². The smallest absolute Gasteiger partial charge is 0.223 e. The van der Waals surface area contributed by atoms with E-state index >= 15 is 0 Å². The third kappa shape index (κ3) is 2.31. The van der Waals surface area contributed by atoms with E-state index in [1.54, 1.807) is 18.2 Å². The number of carbonyl (C=O) groups is 1. The zero-order chi connectivity index (χ0) is 10.6. The molecule has 0 saturated carbocycles. The van der Waals surface area contributed by atoms with Crippen molar-refractivity contribution in [1.29, 1.82) is 0 Å². The highest BCUT2D eigenvalue weighted by Crippen LogP contribution is 2.18. The van der Waals surface area contributed by atoms with Gasteiger partial charge in [0, 0.05) is 13.5 Å². The van der Waals surface area contributed by atoms with Gasteiger partial charge in [-0.1, -0.05) is 19.1 Å². The summed E-state index contributed by atoms with van der Waals surface area (Å²) >= 11 is 0. The highest BCUT2D eigenvalue weighted by molar-refractivity contribution is 5.91. The summed E-state index contributed by atoms with van der Waals surface area (Å²) in [5.41, 5.74) is 0.363. The fraction of sp³-hybridized carbons (Fsp3) is 0.364. The van der Waals surface area contributed by atoms with Gasteiger partial charge in [0.15, 0.2) is 0 Å². The first-order valence-corrected chi connectivity index (χ1v) is 4.69. The first kappa shape index (κ1) is 10.7.